The Balaban J connectivity index is 2.15. The molecule has 4 heteroatoms. The second kappa shape index (κ2) is 4.90. The maximum Gasteiger partial charge on any atom is 0.246 e. The Hall–Kier alpha value is -1.06. The van der Waals surface area contributed by atoms with Crippen molar-refractivity contribution in [3.05, 3.63) is 0 Å². The van der Waals surface area contributed by atoms with Gasteiger partial charge in [-0.3, -0.25) is 9.59 Å². The highest BCUT2D eigenvalue weighted by atomic mass is 16.2. The minimum Gasteiger partial charge on any atom is -0.342 e. The number of amides is 2. The Morgan fingerprint density at radius 3 is 2.50 bits per heavy atom. The summed E-state index contributed by atoms with van der Waals surface area (Å²) in [6.07, 6.45) is 4.96. The summed E-state index contributed by atoms with van der Waals surface area (Å²) in [6, 6.07) is -0.323. The fourth-order valence-electron chi connectivity index (χ4n) is 2.63. The molecule has 1 saturated heterocycles. The zero-order valence-electron chi connectivity index (χ0n) is 11.7. The Labute approximate surface area is 109 Å². The molecule has 0 aromatic carbocycles. The first-order valence-corrected chi connectivity index (χ1v) is 7.15. The van der Waals surface area contributed by atoms with Gasteiger partial charge < -0.3 is 10.2 Å². The lowest BCUT2D eigenvalue weighted by Crippen LogP contribution is -2.69. The summed E-state index contributed by atoms with van der Waals surface area (Å²) in [5.74, 6) is 0.887. The molecule has 102 valence electrons. The summed E-state index contributed by atoms with van der Waals surface area (Å²) < 4.78 is 0. The predicted octanol–water partition coefficient (Wildman–Crippen LogP) is 1.69. The molecule has 1 aliphatic carbocycles. The molecule has 0 aromatic rings. The summed E-state index contributed by atoms with van der Waals surface area (Å²) >= 11 is 0. The van der Waals surface area contributed by atoms with Gasteiger partial charge in [-0.25, -0.2) is 0 Å². The van der Waals surface area contributed by atoms with Crippen LogP contribution >= 0.6 is 0 Å². The quantitative estimate of drug-likeness (QED) is 0.809. The average Bonchev–Trinajstić information content (AvgIpc) is 3.17. The SMILES string of the molecule is CCC1NC(=O)C(C)(CC)N(CCC2CC2)C1=O. The molecular weight excluding hydrogens is 228 g/mol. The lowest BCUT2D eigenvalue weighted by molar-refractivity contribution is -0.157. The molecule has 0 spiro atoms. The minimum absolute atomic E-state index is 0.00671. The van der Waals surface area contributed by atoms with Crippen molar-refractivity contribution in [2.24, 2.45) is 5.92 Å². The lowest BCUT2D eigenvalue weighted by Gasteiger charge is -2.46. The molecule has 1 aliphatic heterocycles. The van der Waals surface area contributed by atoms with Gasteiger partial charge in [0.1, 0.15) is 11.6 Å². The molecule has 2 atom stereocenters. The Bertz CT molecular complexity index is 352. The number of nitrogens with zero attached hydrogens (tertiary/aromatic N) is 1. The third-order valence-corrected chi connectivity index (χ3v) is 4.51. The number of hydrogen-bond donors (Lipinski definition) is 1. The van der Waals surface area contributed by atoms with Crippen molar-refractivity contribution < 1.29 is 9.59 Å². The number of piperazine rings is 1. The van der Waals surface area contributed by atoms with Gasteiger partial charge >= 0.3 is 0 Å². The molecule has 1 heterocycles. The number of rotatable bonds is 5. The molecule has 2 rings (SSSR count). The van der Waals surface area contributed by atoms with E-state index in [9.17, 15) is 9.59 Å². The third-order valence-electron chi connectivity index (χ3n) is 4.51. The van der Waals surface area contributed by atoms with Crippen LogP contribution in [0.2, 0.25) is 0 Å². The highest BCUT2D eigenvalue weighted by molar-refractivity contribution is 5.99. The molecule has 18 heavy (non-hydrogen) atoms. The molecule has 0 aromatic heterocycles. The highest BCUT2D eigenvalue weighted by Gasteiger charge is 2.47. The average molecular weight is 252 g/mol. The topological polar surface area (TPSA) is 49.4 Å². The second-order valence-corrected chi connectivity index (χ2v) is 5.78. The zero-order chi connectivity index (χ0) is 13.3. The van der Waals surface area contributed by atoms with Gasteiger partial charge in [-0.15, -0.1) is 0 Å². The Morgan fingerprint density at radius 2 is 2.00 bits per heavy atom. The first-order valence-electron chi connectivity index (χ1n) is 7.15. The standard InChI is InChI=1S/C14H24N2O2/c1-4-11-12(17)16(9-8-10-6-7-10)14(3,5-2)13(18)15-11/h10-11H,4-9H2,1-3H3,(H,15,18). The molecule has 0 bridgehead atoms. The number of carbonyl (C=O) groups is 2. The van der Waals surface area contributed by atoms with Crippen molar-refractivity contribution >= 4 is 11.8 Å². The van der Waals surface area contributed by atoms with Crippen molar-refractivity contribution in [3.8, 4) is 0 Å². The van der Waals surface area contributed by atoms with E-state index in [2.05, 4.69) is 5.32 Å². The molecule has 2 unspecified atom stereocenters. The molecule has 4 nitrogen and oxygen atoms in total. The first kappa shape index (κ1) is 13.4. The van der Waals surface area contributed by atoms with Crippen LogP contribution in [0.5, 0.6) is 0 Å². The van der Waals surface area contributed by atoms with E-state index in [-0.39, 0.29) is 17.9 Å². The van der Waals surface area contributed by atoms with Crippen LogP contribution in [-0.4, -0.2) is 34.8 Å². The maximum absolute atomic E-state index is 12.4. The molecule has 1 N–H and O–H groups in total. The third kappa shape index (κ3) is 2.25. The van der Waals surface area contributed by atoms with Crippen molar-refractivity contribution in [3.63, 3.8) is 0 Å². The molecule has 2 aliphatic rings. The van der Waals surface area contributed by atoms with E-state index >= 15 is 0 Å². The van der Waals surface area contributed by atoms with Gasteiger partial charge in [0.05, 0.1) is 0 Å². The van der Waals surface area contributed by atoms with E-state index in [1.165, 1.54) is 12.8 Å². The van der Waals surface area contributed by atoms with Crippen LogP contribution in [-0.2, 0) is 9.59 Å². The molecule has 1 saturated carbocycles. The van der Waals surface area contributed by atoms with Crippen molar-refractivity contribution in [2.45, 2.75) is 64.5 Å². The Kier molecular flexibility index (Phi) is 3.64. The van der Waals surface area contributed by atoms with Crippen LogP contribution in [0.25, 0.3) is 0 Å². The lowest BCUT2D eigenvalue weighted by atomic mass is 9.89. The van der Waals surface area contributed by atoms with Gasteiger partial charge in [0.2, 0.25) is 11.8 Å². The van der Waals surface area contributed by atoms with Gasteiger partial charge in [0.25, 0.3) is 0 Å². The van der Waals surface area contributed by atoms with E-state index in [0.717, 1.165) is 18.9 Å². The fourth-order valence-corrected chi connectivity index (χ4v) is 2.63. The van der Waals surface area contributed by atoms with Crippen molar-refractivity contribution in [1.82, 2.24) is 10.2 Å². The highest BCUT2D eigenvalue weighted by Crippen LogP contribution is 2.34. The van der Waals surface area contributed by atoms with Gasteiger partial charge in [0.15, 0.2) is 0 Å². The van der Waals surface area contributed by atoms with Gasteiger partial charge in [-0.2, -0.15) is 0 Å². The summed E-state index contributed by atoms with van der Waals surface area (Å²) in [4.78, 5) is 26.5. The molecule has 2 fully saturated rings. The van der Waals surface area contributed by atoms with Crippen LogP contribution in [0.15, 0.2) is 0 Å². The summed E-state index contributed by atoms with van der Waals surface area (Å²) in [5, 5.41) is 2.86. The van der Waals surface area contributed by atoms with Crippen LogP contribution in [0.4, 0.5) is 0 Å². The smallest absolute Gasteiger partial charge is 0.246 e. The monoisotopic (exact) mass is 252 g/mol. The molecule has 2 amide bonds. The zero-order valence-corrected chi connectivity index (χ0v) is 11.7. The van der Waals surface area contributed by atoms with E-state index < -0.39 is 5.54 Å². The van der Waals surface area contributed by atoms with E-state index in [4.69, 9.17) is 0 Å². The fraction of sp³-hybridized carbons (Fsp3) is 0.857. The van der Waals surface area contributed by atoms with E-state index in [1.54, 1.807) is 0 Å². The Morgan fingerprint density at radius 1 is 1.33 bits per heavy atom. The number of hydrogen-bond acceptors (Lipinski definition) is 2. The number of carbonyl (C=O) groups excluding carboxylic acids is 2. The predicted molar refractivity (Wildman–Crippen MR) is 70.0 cm³/mol. The maximum atomic E-state index is 12.4. The van der Waals surface area contributed by atoms with Crippen LogP contribution in [0, 0.1) is 5.92 Å². The van der Waals surface area contributed by atoms with E-state index in [0.29, 0.717) is 12.8 Å². The largest absolute Gasteiger partial charge is 0.342 e. The van der Waals surface area contributed by atoms with Crippen molar-refractivity contribution in [1.29, 1.82) is 0 Å². The summed E-state index contributed by atoms with van der Waals surface area (Å²) in [5.41, 5.74) is -0.655. The van der Waals surface area contributed by atoms with Crippen LogP contribution < -0.4 is 5.32 Å². The summed E-state index contributed by atoms with van der Waals surface area (Å²) in [7, 11) is 0. The minimum atomic E-state index is -0.655. The normalized spacial score (nSPS) is 32.6. The van der Waals surface area contributed by atoms with Crippen LogP contribution in [0.1, 0.15) is 52.9 Å². The number of nitrogens with one attached hydrogen (secondary N) is 1. The summed E-state index contributed by atoms with van der Waals surface area (Å²) in [6.45, 7) is 6.54. The van der Waals surface area contributed by atoms with E-state index in [1.807, 2.05) is 25.7 Å². The van der Waals surface area contributed by atoms with Crippen molar-refractivity contribution in [2.75, 3.05) is 6.54 Å². The van der Waals surface area contributed by atoms with Gasteiger partial charge in [-0.1, -0.05) is 26.7 Å². The van der Waals surface area contributed by atoms with Crippen LogP contribution in [0.3, 0.4) is 0 Å². The second-order valence-electron chi connectivity index (χ2n) is 5.78. The van der Waals surface area contributed by atoms with Gasteiger partial charge in [-0.05, 0) is 32.1 Å². The molecular formula is C14H24N2O2. The first-order chi connectivity index (χ1) is 8.52. The molecule has 0 radical (unpaired) electrons. The van der Waals surface area contributed by atoms with Gasteiger partial charge in [0, 0.05) is 6.54 Å².